The van der Waals surface area contributed by atoms with E-state index >= 15 is 0 Å². The van der Waals surface area contributed by atoms with Crippen LogP contribution in [-0.2, 0) is 0 Å². The van der Waals surface area contributed by atoms with Gasteiger partial charge in [-0.25, -0.2) is 0 Å². The van der Waals surface area contributed by atoms with Crippen LogP contribution >= 0.6 is 0 Å². The van der Waals surface area contributed by atoms with E-state index in [2.05, 4.69) is 10.3 Å². The van der Waals surface area contributed by atoms with Crippen LogP contribution in [-0.4, -0.2) is 22.7 Å². The molecule has 2 rings (SSSR count). The maximum Gasteiger partial charge on any atom is 0.0743 e. The standard InChI is InChI=1S/C13H17N3O/c1-9(17)6-7-15-13-10-4-2-3-5-12(10)16-8-11(13)14/h2-5,8-9,17H,6-7,14H2,1H3,(H,15,16). The molecule has 4 heteroatoms. The molecule has 0 aliphatic rings. The number of benzene rings is 1. The van der Waals surface area contributed by atoms with Gasteiger partial charge in [0.1, 0.15) is 0 Å². The number of nitrogens with two attached hydrogens (primary N) is 1. The van der Waals surface area contributed by atoms with Crippen LogP contribution in [0.5, 0.6) is 0 Å². The molecular formula is C13H17N3O. The van der Waals surface area contributed by atoms with Gasteiger partial charge in [-0.05, 0) is 19.4 Å². The molecule has 1 aromatic heterocycles. The summed E-state index contributed by atoms with van der Waals surface area (Å²) in [4.78, 5) is 4.27. The van der Waals surface area contributed by atoms with Gasteiger partial charge in [-0.15, -0.1) is 0 Å². The van der Waals surface area contributed by atoms with Gasteiger partial charge in [-0.3, -0.25) is 4.98 Å². The highest BCUT2D eigenvalue weighted by Gasteiger charge is 2.05. The highest BCUT2D eigenvalue weighted by molar-refractivity contribution is 5.96. The number of aromatic nitrogens is 1. The molecule has 0 radical (unpaired) electrons. The third-order valence-corrected chi connectivity index (χ3v) is 2.67. The Balaban J connectivity index is 2.28. The maximum absolute atomic E-state index is 9.23. The summed E-state index contributed by atoms with van der Waals surface area (Å²) in [6, 6.07) is 7.85. The van der Waals surface area contributed by atoms with Crippen molar-refractivity contribution in [2.24, 2.45) is 0 Å². The predicted octanol–water partition coefficient (Wildman–Crippen LogP) is 2.00. The molecule has 0 spiro atoms. The molecule has 2 aromatic rings. The number of fused-ring (bicyclic) bond motifs is 1. The molecule has 0 aliphatic carbocycles. The zero-order chi connectivity index (χ0) is 12.3. The number of nitrogens with zero attached hydrogens (tertiary/aromatic N) is 1. The molecule has 4 nitrogen and oxygen atoms in total. The molecular weight excluding hydrogens is 214 g/mol. The van der Waals surface area contributed by atoms with Crippen molar-refractivity contribution < 1.29 is 5.11 Å². The van der Waals surface area contributed by atoms with Crippen molar-refractivity contribution in [1.29, 1.82) is 0 Å². The van der Waals surface area contributed by atoms with Gasteiger partial charge in [0, 0.05) is 11.9 Å². The lowest BCUT2D eigenvalue weighted by atomic mass is 10.1. The van der Waals surface area contributed by atoms with E-state index in [0.717, 1.165) is 16.6 Å². The second-order valence-corrected chi connectivity index (χ2v) is 4.17. The average molecular weight is 231 g/mol. The fraction of sp³-hybridized carbons (Fsp3) is 0.308. The van der Waals surface area contributed by atoms with E-state index in [4.69, 9.17) is 5.73 Å². The number of hydrogen-bond donors (Lipinski definition) is 3. The molecule has 1 aromatic carbocycles. The Bertz CT molecular complexity index is 511. The zero-order valence-electron chi connectivity index (χ0n) is 9.85. The second-order valence-electron chi connectivity index (χ2n) is 4.17. The fourth-order valence-electron chi connectivity index (χ4n) is 1.76. The van der Waals surface area contributed by atoms with Gasteiger partial charge in [0.05, 0.1) is 29.2 Å². The Labute approximate surface area is 100 Å². The van der Waals surface area contributed by atoms with E-state index in [0.29, 0.717) is 18.7 Å². The zero-order valence-corrected chi connectivity index (χ0v) is 9.85. The van der Waals surface area contributed by atoms with E-state index < -0.39 is 0 Å². The average Bonchev–Trinajstić information content (AvgIpc) is 2.32. The van der Waals surface area contributed by atoms with Crippen LogP contribution in [0.25, 0.3) is 10.9 Å². The SMILES string of the molecule is CC(O)CCNc1c(N)cnc2ccccc12. The van der Waals surface area contributed by atoms with Crippen molar-refractivity contribution in [2.75, 3.05) is 17.6 Å². The lowest BCUT2D eigenvalue weighted by Crippen LogP contribution is -2.11. The molecule has 0 amide bonds. The Hall–Kier alpha value is -1.81. The molecule has 0 saturated heterocycles. The van der Waals surface area contributed by atoms with Crippen LogP contribution in [0, 0.1) is 0 Å². The van der Waals surface area contributed by atoms with Gasteiger partial charge in [0.15, 0.2) is 0 Å². The van der Waals surface area contributed by atoms with E-state index in [1.807, 2.05) is 24.3 Å². The number of aliphatic hydroxyl groups is 1. The third kappa shape index (κ3) is 2.65. The van der Waals surface area contributed by atoms with E-state index in [1.165, 1.54) is 0 Å². The molecule has 0 aliphatic heterocycles. The number of anilines is 2. The number of rotatable bonds is 4. The Kier molecular flexibility index (Phi) is 3.44. The topological polar surface area (TPSA) is 71.2 Å². The molecule has 0 saturated carbocycles. The number of pyridine rings is 1. The molecule has 17 heavy (non-hydrogen) atoms. The van der Waals surface area contributed by atoms with Crippen LogP contribution in [0.2, 0.25) is 0 Å². The molecule has 1 atom stereocenters. The number of nitrogens with one attached hydrogen (secondary N) is 1. The third-order valence-electron chi connectivity index (χ3n) is 2.67. The van der Waals surface area contributed by atoms with Crippen molar-refractivity contribution in [1.82, 2.24) is 4.98 Å². The van der Waals surface area contributed by atoms with Gasteiger partial charge < -0.3 is 16.2 Å². The maximum atomic E-state index is 9.23. The molecule has 1 unspecified atom stereocenters. The molecule has 90 valence electrons. The number of aliphatic hydroxyl groups excluding tert-OH is 1. The minimum atomic E-state index is -0.308. The number of hydrogen-bond acceptors (Lipinski definition) is 4. The Morgan fingerprint density at radius 2 is 2.18 bits per heavy atom. The summed E-state index contributed by atoms with van der Waals surface area (Å²) in [5.41, 5.74) is 8.37. The fourth-order valence-corrected chi connectivity index (χ4v) is 1.76. The summed E-state index contributed by atoms with van der Waals surface area (Å²) >= 11 is 0. The lowest BCUT2D eigenvalue weighted by Gasteiger charge is -2.12. The van der Waals surface area contributed by atoms with Crippen LogP contribution in [0.15, 0.2) is 30.5 Å². The number of nitrogen functional groups attached to an aromatic ring is 1. The van der Waals surface area contributed by atoms with E-state index in [1.54, 1.807) is 13.1 Å². The monoisotopic (exact) mass is 231 g/mol. The quantitative estimate of drug-likeness (QED) is 0.752. The van der Waals surface area contributed by atoms with E-state index in [9.17, 15) is 5.11 Å². The number of para-hydroxylation sites is 1. The minimum Gasteiger partial charge on any atom is -0.396 e. The second kappa shape index (κ2) is 5.01. The summed E-state index contributed by atoms with van der Waals surface area (Å²) < 4.78 is 0. The summed E-state index contributed by atoms with van der Waals surface area (Å²) in [5, 5.41) is 13.5. The van der Waals surface area contributed by atoms with E-state index in [-0.39, 0.29) is 6.10 Å². The van der Waals surface area contributed by atoms with Crippen molar-refractivity contribution in [2.45, 2.75) is 19.4 Å². The first kappa shape index (κ1) is 11.7. The molecule has 0 fully saturated rings. The summed E-state index contributed by atoms with van der Waals surface area (Å²) in [6.07, 6.45) is 2.04. The van der Waals surface area contributed by atoms with Crippen LogP contribution in [0.4, 0.5) is 11.4 Å². The summed E-state index contributed by atoms with van der Waals surface area (Å²) in [5.74, 6) is 0. The molecule has 0 bridgehead atoms. The summed E-state index contributed by atoms with van der Waals surface area (Å²) in [7, 11) is 0. The van der Waals surface area contributed by atoms with Crippen molar-refractivity contribution >= 4 is 22.3 Å². The first-order valence-electron chi connectivity index (χ1n) is 5.73. The Morgan fingerprint density at radius 3 is 2.94 bits per heavy atom. The molecule has 1 heterocycles. The van der Waals surface area contributed by atoms with Crippen LogP contribution in [0.3, 0.4) is 0 Å². The summed E-state index contributed by atoms with van der Waals surface area (Å²) in [6.45, 7) is 2.46. The highest BCUT2D eigenvalue weighted by Crippen LogP contribution is 2.27. The molecule has 4 N–H and O–H groups in total. The van der Waals surface area contributed by atoms with Gasteiger partial charge in [-0.1, -0.05) is 18.2 Å². The van der Waals surface area contributed by atoms with Crippen molar-refractivity contribution in [3.63, 3.8) is 0 Å². The van der Waals surface area contributed by atoms with Gasteiger partial charge in [0.2, 0.25) is 0 Å². The highest BCUT2D eigenvalue weighted by atomic mass is 16.3. The minimum absolute atomic E-state index is 0.308. The van der Waals surface area contributed by atoms with Gasteiger partial charge in [0.25, 0.3) is 0 Å². The first-order valence-corrected chi connectivity index (χ1v) is 5.73. The normalized spacial score (nSPS) is 12.6. The van der Waals surface area contributed by atoms with Crippen LogP contribution < -0.4 is 11.1 Å². The van der Waals surface area contributed by atoms with Gasteiger partial charge in [-0.2, -0.15) is 0 Å². The first-order chi connectivity index (χ1) is 8.18. The van der Waals surface area contributed by atoms with Crippen LogP contribution in [0.1, 0.15) is 13.3 Å². The lowest BCUT2D eigenvalue weighted by molar-refractivity contribution is 0.189. The van der Waals surface area contributed by atoms with Crippen molar-refractivity contribution in [3.05, 3.63) is 30.5 Å². The largest absolute Gasteiger partial charge is 0.396 e. The van der Waals surface area contributed by atoms with Crippen molar-refractivity contribution in [3.8, 4) is 0 Å². The smallest absolute Gasteiger partial charge is 0.0743 e. The Morgan fingerprint density at radius 1 is 1.41 bits per heavy atom. The van der Waals surface area contributed by atoms with Gasteiger partial charge >= 0.3 is 0 Å². The predicted molar refractivity (Wildman–Crippen MR) is 70.9 cm³/mol.